The van der Waals surface area contributed by atoms with Crippen LogP contribution >= 0.6 is 0 Å². The van der Waals surface area contributed by atoms with Gasteiger partial charge >= 0.3 is 5.97 Å². The number of hydrogen-bond acceptors (Lipinski definition) is 4. The molecule has 18 heavy (non-hydrogen) atoms. The van der Waals surface area contributed by atoms with Gasteiger partial charge in [0.05, 0.1) is 10.5 Å². The van der Waals surface area contributed by atoms with Crippen LogP contribution in [0.2, 0.25) is 0 Å². The van der Waals surface area contributed by atoms with Gasteiger partial charge in [0, 0.05) is 6.07 Å². The summed E-state index contributed by atoms with van der Waals surface area (Å²) in [4.78, 5) is 21.2. The first-order valence-corrected chi connectivity index (χ1v) is 5.60. The van der Waals surface area contributed by atoms with E-state index in [0.29, 0.717) is 18.4 Å². The molecule has 1 unspecified atom stereocenters. The lowest BCUT2D eigenvalue weighted by molar-refractivity contribution is -0.385. The van der Waals surface area contributed by atoms with Crippen molar-refractivity contribution in [2.45, 2.75) is 32.8 Å². The molecule has 0 aliphatic carbocycles. The number of nitrogens with zero attached hydrogens (tertiary/aromatic N) is 1. The van der Waals surface area contributed by atoms with E-state index in [9.17, 15) is 14.9 Å². The van der Waals surface area contributed by atoms with E-state index in [1.54, 1.807) is 6.92 Å². The number of hydrogen-bond donors (Lipinski definition) is 1. The Morgan fingerprint density at radius 1 is 1.56 bits per heavy atom. The van der Waals surface area contributed by atoms with Gasteiger partial charge in [-0.1, -0.05) is 19.4 Å². The number of benzene rings is 1. The molecule has 0 aromatic heterocycles. The summed E-state index contributed by atoms with van der Waals surface area (Å²) in [5, 5.41) is 19.7. The first-order chi connectivity index (χ1) is 8.47. The minimum absolute atomic E-state index is 0.0758. The van der Waals surface area contributed by atoms with E-state index in [1.165, 1.54) is 18.2 Å². The molecule has 0 fully saturated rings. The highest BCUT2D eigenvalue weighted by Crippen LogP contribution is 2.28. The van der Waals surface area contributed by atoms with Crippen molar-refractivity contribution in [2.24, 2.45) is 0 Å². The van der Waals surface area contributed by atoms with Crippen molar-refractivity contribution in [3.05, 3.63) is 33.9 Å². The van der Waals surface area contributed by atoms with E-state index in [1.807, 2.05) is 6.92 Å². The number of nitro groups is 1. The van der Waals surface area contributed by atoms with Crippen LogP contribution in [0.3, 0.4) is 0 Å². The molecular formula is C12H15NO5. The van der Waals surface area contributed by atoms with Crippen LogP contribution in [-0.2, 0) is 4.79 Å². The third-order valence-electron chi connectivity index (χ3n) is 2.55. The Morgan fingerprint density at radius 3 is 2.72 bits per heavy atom. The summed E-state index contributed by atoms with van der Waals surface area (Å²) in [5.41, 5.74) is 0.262. The number of nitro benzene ring substituents is 1. The van der Waals surface area contributed by atoms with Gasteiger partial charge in [-0.3, -0.25) is 10.1 Å². The average molecular weight is 253 g/mol. The number of rotatable bonds is 6. The molecule has 0 heterocycles. The second-order valence-corrected chi connectivity index (χ2v) is 3.89. The second kappa shape index (κ2) is 6.00. The maximum absolute atomic E-state index is 11.0. The highest BCUT2D eigenvalue weighted by molar-refractivity contribution is 5.72. The van der Waals surface area contributed by atoms with Crippen molar-refractivity contribution in [3.8, 4) is 5.75 Å². The summed E-state index contributed by atoms with van der Waals surface area (Å²) >= 11 is 0. The van der Waals surface area contributed by atoms with E-state index in [-0.39, 0.29) is 11.4 Å². The molecule has 1 atom stereocenters. The molecule has 0 bridgehead atoms. The van der Waals surface area contributed by atoms with Crippen molar-refractivity contribution < 1.29 is 19.6 Å². The SMILES string of the molecule is CCCC(Oc1cccc([N+](=O)[O-])c1C)C(=O)O. The van der Waals surface area contributed by atoms with Gasteiger partial charge in [-0.2, -0.15) is 0 Å². The lowest BCUT2D eigenvalue weighted by Gasteiger charge is -2.15. The molecular weight excluding hydrogens is 238 g/mol. The van der Waals surface area contributed by atoms with E-state index < -0.39 is 17.0 Å². The summed E-state index contributed by atoms with van der Waals surface area (Å²) in [7, 11) is 0. The van der Waals surface area contributed by atoms with Crippen molar-refractivity contribution in [1.29, 1.82) is 0 Å². The molecule has 0 spiro atoms. The molecule has 0 aliphatic rings. The molecule has 0 radical (unpaired) electrons. The molecule has 0 saturated heterocycles. The zero-order chi connectivity index (χ0) is 13.7. The Bertz CT molecular complexity index is 458. The van der Waals surface area contributed by atoms with Crippen LogP contribution < -0.4 is 4.74 Å². The summed E-state index contributed by atoms with van der Waals surface area (Å²) in [6.45, 7) is 3.39. The monoisotopic (exact) mass is 253 g/mol. The van der Waals surface area contributed by atoms with Gasteiger partial charge in [-0.15, -0.1) is 0 Å². The summed E-state index contributed by atoms with van der Waals surface area (Å²) in [6.07, 6.45) is 0.0401. The minimum atomic E-state index is -1.07. The zero-order valence-electron chi connectivity index (χ0n) is 10.3. The quantitative estimate of drug-likeness (QED) is 0.621. The predicted octanol–water partition coefficient (Wildman–Crippen LogP) is 2.54. The third-order valence-corrected chi connectivity index (χ3v) is 2.55. The number of carboxylic acid groups (broad SMARTS) is 1. The molecule has 1 aromatic rings. The maximum atomic E-state index is 11.0. The standard InChI is InChI=1S/C12H15NO5/c1-3-5-11(12(14)15)18-10-7-4-6-9(8(10)2)13(16)17/h4,6-7,11H,3,5H2,1-2H3,(H,14,15). The lowest BCUT2D eigenvalue weighted by atomic mass is 10.1. The van der Waals surface area contributed by atoms with E-state index in [4.69, 9.17) is 9.84 Å². The first-order valence-electron chi connectivity index (χ1n) is 5.60. The van der Waals surface area contributed by atoms with Crippen molar-refractivity contribution >= 4 is 11.7 Å². The molecule has 0 amide bonds. The fraction of sp³-hybridized carbons (Fsp3) is 0.417. The van der Waals surface area contributed by atoms with Crippen LogP contribution in [0.5, 0.6) is 5.75 Å². The van der Waals surface area contributed by atoms with Gasteiger partial charge in [0.25, 0.3) is 5.69 Å². The van der Waals surface area contributed by atoms with Gasteiger partial charge < -0.3 is 9.84 Å². The highest BCUT2D eigenvalue weighted by Gasteiger charge is 2.21. The highest BCUT2D eigenvalue weighted by atomic mass is 16.6. The molecule has 1 N–H and O–H groups in total. The second-order valence-electron chi connectivity index (χ2n) is 3.89. The molecule has 6 nitrogen and oxygen atoms in total. The normalized spacial score (nSPS) is 11.9. The third kappa shape index (κ3) is 3.19. The predicted molar refractivity (Wildman–Crippen MR) is 64.8 cm³/mol. The van der Waals surface area contributed by atoms with Gasteiger partial charge in [0.1, 0.15) is 5.75 Å². The fourth-order valence-corrected chi connectivity index (χ4v) is 1.58. The Hall–Kier alpha value is -2.11. The number of carbonyl (C=O) groups is 1. The smallest absolute Gasteiger partial charge is 0.344 e. The molecule has 98 valence electrons. The van der Waals surface area contributed by atoms with E-state index in [2.05, 4.69) is 0 Å². The van der Waals surface area contributed by atoms with Crippen LogP contribution in [0.4, 0.5) is 5.69 Å². The maximum Gasteiger partial charge on any atom is 0.344 e. The molecule has 0 aliphatic heterocycles. The summed E-state index contributed by atoms with van der Waals surface area (Å²) in [5.74, 6) is -0.826. The van der Waals surface area contributed by atoms with Gasteiger partial charge in [-0.05, 0) is 19.4 Å². The summed E-state index contributed by atoms with van der Waals surface area (Å²) in [6, 6.07) is 4.37. The minimum Gasteiger partial charge on any atom is -0.479 e. The number of aliphatic carboxylic acids is 1. The Balaban J connectivity index is 2.99. The van der Waals surface area contributed by atoms with Crippen LogP contribution in [0.15, 0.2) is 18.2 Å². The van der Waals surface area contributed by atoms with Crippen molar-refractivity contribution in [1.82, 2.24) is 0 Å². The van der Waals surface area contributed by atoms with Crippen LogP contribution in [0.25, 0.3) is 0 Å². The van der Waals surface area contributed by atoms with Gasteiger partial charge in [0.15, 0.2) is 6.10 Å². The largest absolute Gasteiger partial charge is 0.479 e. The lowest BCUT2D eigenvalue weighted by Crippen LogP contribution is -2.27. The van der Waals surface area contributed by atoms with Crippen molar-refractivity contribution in [3.63, 3.8) is 0 Å². The van der Waals surface area contributed by atoms with Crippen LogP contribution in [-0.4, -0.2) is 22.1 Å². The molecule has 6 heteroatoms. The Kier molecular flexibility index (Phi) is 4.65. The van der Waals surface area contributed by atoms with E-state index in [0.717, 1.165) is 0 Å². The molecule has 1 aromatic carbocycles. The zero-order valence-corrected chi connectivity index (χ0v) is 10.3. The van der Waals surface area contributed by atoms with Crippen LogP contribution in [0, 0.1) is 17.0 Å². The van der Waals surface area contributed by atoms with Crippen LogP contribution in [0.1, 0.15) is 25.3 Å². The topological polar surface area (TPSA) is 89.7 Å². The van der Waals surface area contributed by atoms with Gasteiger partial charge in [0.2, 0.25) is 0 Å². The fourth-order valence-electron chi connectivity index (χ4n) is 1.58. The molecule has 1 rings (SSSR count). The average Bonchev–Trinajstić information content (AvgIpc) is 2.30. The molecule has 0 saturated carbocycles. The number of carboxylic acids is 1. The number of ether oxygens (including phenoxy) is 1. The first kappa shape index (κ1) is 14.0. The summed E-state index contributed by atoms with van der Waals surface area (Å²) < 4.78 is 5.33. The van der Waals surface area contributed by atoms with Crippen molar-refractivity contribution in [2.75, 3.05) is 0 Å². The van der Waals surface area contributed by atoms with E-state index >= 15 is 0 Å². The Morgan fingerprint density at radius 2 is 2.22 bits per heavy atom. The Labute approximate surface area is 104 Å². The van der Waals surface area contributed by atoms with Gasteiger partial charge in [-0.25, -0.2) is 4.79 Å².